The Hall–Kier alpha value is -0.520. The van der Waals surface area contributed by atoms with Crippen LogP contribution in [0.1, 0.15) is 33.1 Å². The van der Waals surface area contributed by atoms with Crippen molar-refractivity contribution in [2.24, 2.45) is 0 Å². The maximum absolute atomic E-state index is 2.20. The van der Waals surface area contributed by atoms with E-state index in [-0.39, 0.29) is 0 Å². The van der Waals surface area contributed by atoms with Crippen LogP contribution in [-0.2, 0) is 0 Å². The van der Waals surface area contributed by atoms with Gasteiger partial charge in [0.1, 0.15) is 0 Å². The number of allylic oxidation sites excluding steroid dienone is 4. The van der Waals surface area contributed by atoms with Crippen LogP contribution in [-0.4, -0.2) is 0 Å². The molecule has 0 rings (SSSR count). The molecule has 0 heterocycles. The van der Waals surface area contributed by atoms with Gasteiger partial charge in [0.2, 0.25) is 0 Å². The fourth-order valence-corrected chi connectivity index (χ4v) is 0.556. The molecule has 0 aliphatic rings. The van der Waals surface area contributed by atoms with Crippen molar-refractivity contribution < 1.29 is 0 Å². The zero-order valence-electron chi connectivity index (χ0n) is 6.43. The van der Waals surface area contributed by atoms with Gasteiger partial charge in [0.05, 0.1) is 0 Å². The largest absolute Gasteiger partial charge is 0.0848 e. The van der Waals surface area contributed by atoms with Crippen LogP contribution < -0.4 is 0 Å². The molecule has 0 aliphatic carbocycles. The highest BCUT2D eigenvalue weighted by molar-refractivity contribution is 5.01. The van der Waals surface area contributed by atoms with E-state index in [1.165, 1.54) is 12.8 Å². The summed E-state index contributed by atoms with van der Waals surface area (Å²) in [6.45, 7) is 4.33. The van der Waals surface area contributed by atoms with Gasteiger partial charge in [0.25, 0.3) is 0 Å². The second-order valence-electron chi connectivity index (χ2n) is 2.05. The average molecular weight is 124 g/mol. The van der Waals surface area contributed by atoms with Crippen molar-refractivity contribution in [3.05, 3.63) is 24.3 Å². The summed E-state index contributed by atoms with van der Waals surface area (Å²) in [6, 6.07) is 0. The number of unbranched alkanes of at least 4 members (excludes halogenated alkanes) is 1. The molecule has 0 amide bonds. The SMILES string of the molecule is CC/C=C\C=C\CCC. The van der Waals surface area contributed by atoms with Crippen molar-refractivity contribution in [1.82, 2.24) is 0 Å². The Morgan fingerprint density at radius 2 is 1.67 bits per heavy atom. The molecule has 0 unspecified atom stereocenters. The fraction of sp³-hybridized carbons (Fsp3) is 0.556. The van der Waals surface area contributed by atoms with Crippen molar-refractivity contribution in [2.45, 2.75) is 33.1 Å². The first kappa shape index (κ1) is 8.48. The van der Waals surface area contributed by atoms with Crippen LogP contribution in [0.2, 0.25) is 0 Å². The van der Waals surface area contributed by atoms with E-state index in [4.69, 9.17) is 0 Å². The van der Waals surface area contributed by atoms with Gasteiger partial charge in [-0.2, -0.15) is 0 Å². The molecule has 0 saturated carbocycles. The predicted octanol–water partition coefficient (Wildman–Crippen LogP) is 3.31. The van der Waals surface area contributed by atoms with Crippen LogP contribution >= 0.6 is 0 Å². The van der Waals surface area contributed by atoms with E-state index >= 15 is 0 Å². The summed E-state index contributed by atoms with van der Waals surface area (Å²) in [5, 5.41) is 0. The Kier molecular flexibility index (Phi) is 7.05. The third kappa shape index (κ3) is 7.48. The molecule has 0 bridgehead atoms. The monoisotopic (exact) mass is 124 g/mol. The quantitative estimate of drug-likeness (QED) is 0.504. The van der Waals surface area contributed by atoms with Crippen LogP contribution in [0.4, 0.5) is 0 Å². The van der Waals surface area contributed by atoms with Gasteiger partial charge in [-0.05, 0) is 12.8 Å². The molecule has 0 heteroatoms. The molecule has 0 spiro atoms. The summed E-state index contributed by atoms with van der Waals surface area (Å²) in [7, 11) is 0. The average Bonchev–Trinajstić information content (AvgIpc) is 1.89. The van der Waals surface area contributed by atoms with E-state index in [2.05, 4.69) is 38.2 Å². The van der Waals surface area contributed by atoms with Gasteiger partial charge >= 0.3 is 0 Å². The third-order valence-corrected chi connectivity index (χ3v) is 1.07. The van der Waals surface area contributed by atoms with E-state index in [0.29, 0.717) is 0 Å². The minimum atomic E-state index is 1.14. The van der Waals surface area contributed by atoms with Crippen molar-refractivity contribution in [3.8, 4) is 0 Å². The standard InChI is InChI=1S/C9H16/c1-3-5-7-9-8-6-4-2/h5,7-9H,3-4,6H2,1-2H3/b7-5-,9-8+. The summed E-state index contributed by atoms with van der Waals surface area (Å²) in [5.41, 5.74) is 0. The highest BCUT2D eigenvalue weighted by Gasteiger charge is 1.68. The lowest BCUT2D eigenvalue weighted by Crippen LogP contribution is -1.58. The third-order valence-electron chi connectivity index (χ3n) is 1.07. The minimum absolute atomic E-state index is 1.14. The minimum Gasteiger partial charge on any atom is -0.0848 e. The zero-order chi connectivity index (χ0) is 6.95. The molecule has 0 N–H and O–H groups in total. The molecular weight excluding hydrogens is 108 g/mol. The van der Waals surface area contributed by atoms with E-state index in [0.717, 1.165) is 6.42 Å². The Morgan fingerprint density at radius 1 is 1.00 bits per heavy atom. The summed E-state index contributed by atoms with van der Waals surface area (Å²) < 4.78 is 0. The lowest BCUT2D eigenvalue weighted by molar-refractivity contribution is 0.959. The molecule has 0 atom stereocenters. The topological polar surface area (TPSA) is 0 Å². The molecule has 0 nitrogen and oxygen atoms in total. The molecule has 0 saturated heterocycles. The predicted molar refractivity (Wildman–Crippen MR) is 43.5 cm³/mol. The van der Waals surface area contributed by atoms with Crippen molar-refractivity contribution in [1.29, 1.82) is 0 Å². The maximum Gasteiger partial charge on any atom is -0.0350 e. The van der Waals surface area contributed by atoms with E-state index in [9.17, 15) is 0 Å². The molecule has 0 aromatic rings. The summed E-state index contributed by atoms with van der Waals surface area (Å²) >= 11 is 0. The first-order chi connectivity index (χ1) is 4.41. The van der Waals surface area contributed by atoms with Crippen LogP contribution in [0.15, 0.2) is 24.3 Å². The van der Waals surface area contributed by atoms with Crippen molar-refractivity contribution in [2.75, 3.05) is 0 Å². The highest BCUT2D eigenvalue weighted by atomic mass is 13.7. The molecule has 0 radical (unpaired) electrons. The van der Waals surface area contributed by atoms with Gasteiger partial charge in [-0.25, -0.2) is 0 Å². The molecule has 9 heavy (non-hydrogen) atoms. The molecule has 0 fully saturated rings. The molecule has 0 aliphatic heterocycles. The Balaban J connectivity index is 3.13. The molecular formula is C9H16. The fourth-order valence-electron chi connectivity index (χ4n) is 0.556. The number of hydrogen-bond donors (Lipinski definition) is 0. The van der Waals surface area contributed by atoms with Gasteiger partial charge < -0.3 is 0 Å². The lowest BCUT2D eigenvalue weighted by atomic mass is 10.3. The smallest absolute Gasteiger partial charge is 0.0350 e. The van der Waals surface area contributed by atoms with Gasteiger partial charge in [-0.1, -0.05) is 44.6 Å². The second-order valence-corrected chi connectivity index (χ2v) is 2.05. The van der Waals surface area contributed by atoms with Gasteiger partial charge in [-0.15, -0.1) is 0 Å². The lowest BCUT2D eigenvalue weighted by Gasteiger charge is -1.79. The number of hydrogen-bond acceptors (Lipinski definition) is 0. The Bertz CT molecular complexity index is 88.2. The van der Waals surface area contributed by atoms with Crippen LogP contribution in [0.25, 0.3) is 0 Å². The second kappa shape index (κ2) is 7.48. The van der Waals surface area contributed by atoms with Crippen LogP contribution in [0.3, 0.4) is 0 Å². The van der Waals surface area contributed by atoms with E-state index in [1.807, 2.05) is 0 Å². The molecule has 0 aromatic carbocycles. The first-order valence-electron chi connectivity index (χ1n) is 3.73. The Morgan fingerprint density at radius 3 is 2.22 bits per heavy atom. The molecule has 0 aromatic heterocycles. The van der Waals surface area contributed by atoms with E-state index < -0.39 is 0 Å². The Labute approximate surface area is 58.3 Å². The van der Waals surface area contributed by atoms with Gasteiger partial charge in [-0.3, -0.25) is 0 Å². The van der Waals surface area contributed by atoms with Crippen LogP contribution in [0.5, 0.6) is 0 Å². The van der Waals surface area contributed by atoms with Crippen molar-refractivity contribution >= 4 is 0 Å². The van der Waals surface area contributed by atoms with Gasteiger partial charge in [0, 0.05) is 0 Å². The van der Waals surface area contributed by atoms with Crippen LogP contribution in [0, 0.1) is 0 Å². The summed E-state index contributed by atoms with van der Waals surface area (Å²) in [5.74, 6) is 0. The van der Waals surface area contributed by atoms with Crippen molar-refractivity contribution in [3.63, 3.8) is 0 Å². The first-order valence-corrected chi connectivity index (χ1v) is 3.73. The molecule has 52 valence electrons. The van der Waals surface area contributed by atoms with Gasteiger partial charge in [0.15, 0.2) is 0 Å². The zero-order valence-corrected chi connectivity index (χ0v) is 6.43. The number of rotatable bonds is 4. The maximum atomic E-state index is 2.20. The summed E-state index contributed by atoms with van der Waals surface area (Å²) in [4.78, 5) is 0. The van der Waals surface area contributed by atoms with E-state index in [1.54, 1.807) is 0 Å². The normalized spacial score (nSPS) is 11.8. The highest BCUT2D eigenvalue weighted by Crippen LogP contribution is 1.89. The summed E-state index contributed by atoms with van der Waals surface area (Å²) in [6.07, 6.45) is 12.2.